The molecule has 11 nitrogen and oxygen atoms in total. The van der Waals surface area contributed by atoms with E-state index >= 15 is 0 Å². The smallest absolute Gasteiger partial charge is 0.449 e. The molecular formula is C25H26F6N6O5. The van der Waals surface area contributed by atoms with E-state index in [9.17, 15) is 50.6 Å². The molecule has 1 saturated heterocycles. The molecule has 1 aromatic heterocycles. The standard InChI is InChI=1S/C25H26F6N6O5/c26-15-10-17(28)16(27)8-13(15)7-14(33-24(41)42)9-19(38)36-5-6-37-18(11-36)20(34-23(37)25(29,30)31)22(40)35-3-1-12(2-4-35)21(32)39/h8,10,12,14,33H,1-7,9,11H2,(H2,32,39)(H,41,42)/t14-/m1/s1. The van der Waals surface area contributed by atoms with Gasteiger partial charge in [-0.2, -0.15) is 13.2 Å². The predicted molar refractivity (Wildman–Crippen MR) is 130 cm³/mol. The van der Waals surface area contributed by atoms with Crippen molar-refractivity contribution in [2.45, 2.75) is 51.0 Å². The summed E-state index contributed by atoms with van der Waals surface area (Å²) in [5.41, 5.74) is 4.20. The molecule has 0 spiro atoms. The number of piperidine rings is 1. The Morgan fingerprint density at radius 3 is 2.24 bits per heavy atom. The van der Waals surface area contributed by atoms with Crippen molar-refractivity contribution in [2.75, 3.05) is 19.6 Å². The molecule has 1 atom stereocenters. The summed E-state index contributed by atoms with van der Waals surface area (Å²) >= 11 is 0. The maximum Gasteiger partial charge on any atom is 0.449 e. The Labute approximate surface area is 234 Å². The fourth-order valence-corrected chi connectivity index (χ4v) is 5.16. The van der Waals surface area contributed by atoms with Crippen LogP contribution < -0.4 is 11.1 Å². The number of likely N-dealkylation sites (tertiary alicyclic amines) is 1. The molecule has 0 radical (unpaired) electrons. The van der Waals surface area contributed by atoms with Crippen molar-refractivity contribution in [3.05, 3.63) is 52.4 Å². The SMILES string of the molecule is NC(=O)C1CCN(C(=O)c2nc(C(F)(F)F)n3c2CN(C(=O)C[C@@H](Cc2cc(F)c(F)cc2F)NC(=O)O)CC3)CC1. The number of halogens is 6. The van der Waals surface area contributed by atoms with Crippen molar-refractivity contribution in [3.8, 4) is 0 Å². The zero-order chi connectivity index (χ0) is 30.9. The van der Waals surface area contributed by atoms with Crippen molar-refractivity contribution >= 4 is 23.8 Å². The molecule has 1 fully saturated rings. The zero-order valence-electron chi connectivity index (χ0n) is 21.9. The Balaban J connectivity index is 1.55. The number of carbonyl (C=O) groups excluding carboxylic acids is 3. The van der Waals surface area contributed by atoms with Crippen molar-refractivity contribution < 1.29 is 50.6 Å². The number of primary amides is 1. The maximum absolute atomic E-state index is 14.2. The van der Waals surface area contributed by atoms with Gasteiger partial charge >= 0.3 is 12.3 Å². The third-order valence-electron chi connectivity index (χ3n) is 7.30. The molecule has 2 aliphatic heterocycles. The maximum atomic E-state index is 14.2. The molecule has 0 saturated carbocycles. The number of aromatic nitrogens is 2. The number of nitrogens with two attached hydrogens (primary N) is 1. The monoisotopic (exact) mass is 604 g/mol. The molecule has 228 valence electrons. The first kappa shape index (κ1) is 30.6. The van der Waals surface area contributed by atoms with Crippen LogP contribution in [0.4, 0.5) is 31.1 Å². The Morgan fingerprint density at radius 1 is 1.00 bits per heavy atom. The lowest BCUT2D eigenvalue weighted by atomic mass is 9.96. The first-order valence-electron chi connectivity index (χ1n) is 12.8. The van der Waals surface area contributed by atoms with Crippen LogP contribution in [0, 0.1) is 23.4 Å². The van der Waals surface area contributed by atoms with Gasteiger partial charge in [0.25, 0.3) is 5.91 Å². The van der Waals surface area contributed by atoms with E-state index in [-0.39, 0.29) is 50.8 Å². The summed E-state index contributed by atoms with van der Waals surface area (Å²) in [7, 11) is 0. The minimum Gasteiger partial charge on any atom is -0.465 e. The average Bonchev–Trinajstić information content (AvgIpc) is 3.30. The number of hydrogen-bond acceptors (Lipinski definition) is 5. The van der Waals surface area contributed by atoms with Gasteiger partial charge in [-0.25, -0.2) is 22.9 Å². The first-order chi connectivity index (χ1) is 19.6. The van der Waals surface area contributed by atoms with Gasteiger partial charge in [0, 0.05) is 50.6 Å². The molecule has 0 aliphatic carbocycles. The lowest BCUT2D eigenvalue weighted by Crippen LogP contribution is -2.45. The normalized spacial score (nSPS) is 16.6. The quantitative estimate of drug-likeness (QED) is 0.326. The second-order valence-corrected chi connectivity index (χ2v) is 10.1. The third kappa shape index (κ3) is 6.60. The van der Waals surface area contributed by atoms with E-state index in [0.717, 1.165) is 9.47 Å². The minimum absolute atomic E-state index is 0.0613. The van der Waals surface area contributed by atoms with E-state index < -0.39 is 95.9 Å². The summed E-state index contributed by atoms with van der Waals surface area (Å²) < 4.78 is 83.3. The van der Waals surface area contributed by atoms with Crippen molar-refractivity contribution in [1.82, 2.24) is 24.7 Å². The van der Waals surface area contributed by atoms with Crippen molar-refractivity contribution in [2.24, 2.45) is 11.7 Å². The van der Waals surface area contributed by atoms with Crippen LogP contribution in [-0.2, 0) is 35.3 Å². The number of carbonyl (C=O) groups is 4. The molecule has 2 aromatic rings. The largest absolute Gasteiger partial charge is 0.465 e. The fraction of sp³-hybridized carbons (Fsp3) is 0.480. The van der Waals surface area contributed by atoms with Gasteiger partial charge in [-0.1, -0.05) is 0 Å². The van der Waals surface area contributed by atoms with E-state index in [0.29, 0.717) is 6.07 Å². The molecular weight excluding hydrogens is 578 g/mol. The second-order valence-electron chi connectivity index (χ2n) is 10.1. The highest BCUT2D eigenvalue weighted by Crippen LogP contribution is 2.33. The van der Waals surface area contributed by atoms with Gasteiger partial charge in [-0.15, -0.1) is 0 Å². The number of nitrogens with zero attached hydrogens (tertiary/aromatic N) is 4. The van der Waals surface area contributed by atoms with Crippen LogP contribution in [0.2, 0.25) is 0 Å². The second kappa shape index (κ2) is 11.9. The molecule has 4 rings (SSSR count). The van der Waals surface area contributed by atoms with Crippen LogP contribution in [0.5, 0.6) is 0 Å². The molecule has 42 heavy (non-hydrogen) atoms. The number of fused-ring (bicyclic) bond motifs is 1. The van der Waals surface area contributed by atoms with E-state index in [1.165, 1.54) is 4.90 Å². The summed E-state index contributed by atoms with van der Waals surface area (Å²) in [6, 6.07) is -0.489. The van der Waals surface area contributed by atoms with E-state index in [2.05, 4.69) is 4.98 Å². The predicted octanol–water partition coefficient (Wildman–Crippen LogP) is 2.27. The van der Waals surface area contributed by atoms with Gasteiger partial charge in [0.15, 0.2) is 17.3 Å². The zero-order valence-corrected chi connectivity index (χ0v) is 21.9. The van der Waals surface area contributed by atoms with Gasteiger partial charge in [-0.05, 0) is 30.9 Å². The van der Waals surface area contributed by atoms with Crippen LogP contribution in [0.15, 0.2) is 12.1 Å². The molecule has 17 heteroatoms. The Morgan fingerprint density at radius 2 is 1.64 bits per heavy atom. The lowest BCUT2D eigenvalue weighted by molar-refractivity contribution is -0.148. The van der Waals surface area contributed by atoms with Crippen LogP contribution in [0.1, 0.15) is 46.8 Å². The highest BCUT2D eigenvalue weighted by molar-refractivity contribution is 5.94. The summed E-state index contributed by atoms with van der Waals surface area (Å²) in [6.45, 7) is -0.977. The topological polar surface area (TPSA) is 151 Å². The van der Waals surface area contributed by atoms with Gasteiger partial charge in [0.2, 0.25) is 17.6 Å². The Hall–Kier alpha value is -4.31. The van der Waals surface area contributed by atoms with Gasteiger partial charge in [0.1, 0.15) is 5.82 Å². The Kier molecular flexibility index (Phi) is 8.68. The number of amides is 4. The third-order valence-corrected chi connectivity index (χ3v) is 7.30. The number of benzene rings is 1. The molecule has 0 unspecified atom stereocenters. The van der Waals surface area contributed by atoms with E-state index in [1.807, 2.05) is 5.32 Å². The van der Waals surface area contributed by atoms with E-state index in [4.69, 9.17) is 5.73 Å². The molecule has 2 aliphatic rings. The average molecular weight is 605 g/mol. The first-order valence-corrected chi connectivity index (χ1v) is 12.8. The van der Waals surface area contributed by atoms with Gasteiger partial charge in [-0.3, -0.25) is 14.4 Å². The summed E-state index contributed by atoms with van der Waals surface area (Å²) in [5.74, 6) is -7.91. The van der Waals surface area contributed by atoms with Crippen LogP contribution in [0.25, 0.3) is 0 Å². The van der Waals surface area contributed by atoms with Crippen molar-refractivity contribution in [1.29, 1.82) is 0 Å². The molecule has 4 N–H and O–H groups in total. The highest BCUT2D eigenvalue weighted by atomic mass is 19.4. The highest BCUT2D eigenvalue weighted by Gasteiger charge is 2.43. The van der Waals surface area contributed by atoms with Crippen molar-refractivity contribution in [3.63, 3.8) is 0 Å². The summed E-state index contributed by atoms with van der Waals surface area (Å²) in [4.78, 5) is 55.1. The number of carboxylic acid groups (broad SMARTS) is 1. The number of nitrogens with one attached hydrogen (secondary N) is 1. The number of rotatable bonds is 7. The number of hydrogen-bond donors (Lipinski definition) is 3. The van der Waals surface area contributed by atoms with E-state index in [1.54, 1.807) is 0 Å². The van der Waals surface area contributed by atoms with Crippen LogP contribution >= 0.6 is 0 Å². The van der Waals surface area contributed by atoms with Gasteiger partial charge < -0.3 is 30.5 Å². The minimum atomic E-state index is -4.91. The Bertz CT molecular complexity index is 1410. The fourth-order valence-electron chi connectivity index (χ4n) is 5.16. The summed E-state index contributed by atoms with van der Waals surface area (Å²) in [5, 5.41) is 11.2. The van der Waals surface area contributed by atoms with Gasteiger partial charge in [0.05, 0.1) is 12.2 Å². The number of alkyl halides is 3. The summed E-state index contributed by atoms with van der Waals surface area (Å²) in [6.07, 6.45) is -7.18. The number of imidazole rings is 1. The lowest BCUT2D eigenvalue weighted by Gasteiger charge is -2.32. The van der Waals surface area contributed by atoms with Crippen LogP contribution in [-0.4, -0.2) is 73.9 Å². The van der Waals surface area contributed by atoms with Crippen LogP contribution in [0.3, 0.4) is 0 Å². The molecule has 3 heterocycles. The molecule has 0 bridgehead atoms. The molecule has 4 amide bonds. The molecule has 1 aromatic carbocycles.